The van der Waals surface area contributed by atoms with Gasteiger partial charge in [0.05, 0.1) is 32.0 Å². The third kappa shape index (κ3) is 41.6. The molecular formula is C74H131NO13. The van der Waals surface area contributed by atoms with Crippen LogP contribution in [0.5, 0.6) is 0 Å². The van der Waals surface area contributed by atoms with Gasteiger partial charge in [-0.15, -0.1) is 0 Å². The van der Waals surface area contributed by atoms with Gasteiger partial charge in [0.25, 0.3) is 0 Å². The van der Waals surface area contributed by atoms with Crippen molar-refractivity contribution >= 4 is 5.91 Å². The minimum absolute atomic E-state index is 0.238. The van der Waals surface area contributed by atoms with Crippen molar-refractivity contribution in [2.75, 3.05) is 19.8 Å². The molecule has 0 radical (unpaired) electrons. The molecule has 0 bridgehead atoms. The van der Waals surface area contributed by atoms with Crippen molar-refractivity contribution < 1.29 is 64.6 Å². The van der Waals surface area contributed by atoms with E-state index in [-0.39, 0.29) is 18.9 Å². The van der Waals surface area contributed by atoms with Gasteiger partial charge >= 0.3 is 0 Å². The third-order valence-corrected chi connectivity index (χ3v) is 17.1. The Morgan fingerprint density at radius 3 is 1.19 bits per heavy atom. The van der Waals surface area contributed by atoms with Gasteiger partial charge in [-0.1, -0.05) is 292 Å². The lowest BCUT2D eigenvalue weighted by Gasteiger charge is -2.46. The molecule has 510 valence electrons. The lowest BCUT2D eigenvalue weighted by atomic mass is 9.97. The zero-order valence-electron chi connectivity index (χ0n) is 55.4. The predicted octanol–water partition coefficient (Wildman–Crippen LogP) is 14.8. The first-order valence-electron chi connectivity index (χ1n) is 35.8. The van der Waals surface area contributed by atoms with E-state index in [0.29, 0.717) is 12.8 Å². The van der Waals surface area contributed by atoms with Crippen molar-refractivity contribution in [2.45, 2.75) is 357 Å². The molecule has 0 aromatic carbocycles. The minimum Gasteiger partial charge on any atom is -0.394 e. The predicted molar refractivity (Wildman–Crippen MR) is 360 cm³/mol. The highest BCUT2D eigenvalue weighted by molar-refractivity contribution is 5.76. The number of rotatable bonds is 58. The Morgan fingerprint density at radius 2 is 0.784 bits per heavy atom. The number of amides is 1. The molecule has 2 rings (SSSR count). The molecule has 2 heterocycles. The summed E-state index contributed by atoms with van der Waals surface area (Å²) in [5, 5.41) is 87.6. The van der Waals surface area contributed by atoms with E-state index in [4.69, 9.17) is 18.9 Å². The van der Waals surface area contributed by atoms with Gasteiger partial charge in [-0.25, -0.2) is 0 Å². The second kappa shape index (κ2) is 58.0. The Balaban J connectivity index is 1.69. The first-order valence-corrected chi connectivity index (χ1v) is 35.8. The first kappa shape index (κ1) is 81.3. The molecule has 14 nitrogen and oxygen atoms in total. The van der Waals surface area contributed by atoms with E-state index in [9.17, 15) is 45.6 Å². The van der Waals surface area contributed by atoms with Gasteiger partial charge in [0.1, 0.15) is 48.8 Å². The molecule has 1 amide bonds. The fraction of sp³-hybridized carbons (Fsp3) is 0.797. The molecule has 2 fully saturated rings. The van der Waals surface area contributed by atoms with E-state index in [0.717, 1.165) is 89.9 Å². The molecule has 0 spiro atoms. The van der Waals surface area contributed by atoms with E-state index in [1.165, 1.54) is 161 Å². The number of aliphatic hydroxyl groups is 8. The van der Waals surface area contributed by atoms with Crippen LogP contribution >= 0.6 is 0 Å². The SMILES string of the molecule is CC/C=C\C/C=C\C/C=C\C/C=C\C/C=C\C/C=C\C/C=C\CCCCCC(=O)NC(COC1OC(CO)C(OC2OC(CO)C(O)C(O)C2O)C(O)C1O)C(O)CCCCCCCCCCCCCCCCCCCCCCCCCCCCCCC. The molecule has 2 saturated heterocycles. The van der Waals surface area contributed by atoms with Crippen LogP contribution in [0, 0.1) is 0 Å². The van der Waals surface area contributed by atoms with Crippen molar-refractivity contribution in [1.29, 1.82) is 0 Å². The molecule has 9 N–H and O–H groups in total. The molecule has 0 saturated carbocycles. The molecule has 2 aliphatic rings. The quantitative estimate of drug-likeness (QED) is 0.0204. The maximum atomic E-state index is 13.3. The number of hydrogen-bond donors (Lipinski definition) is 9. The number of unbranched alkanes of at least 4 members (excludes halogenated alkanes) is 31. The second-order valence-electron chi connectivity index (χ2n) is 25.0. The fourth-order valence-electron chi connectivity index (χ4n) is 11.5. The van der Waals surface area contributed by atoms with Crippen LogP contribution in [0.1, 0.15) is 284 Å². The maximum Gasteiger partial charge on any atom is 0.220 e. The fourth-order valence-corrected chi connectivity index (χ4v) is 11.5. The monoisotopic (exact) mass is 1240 g/mol. The van der Waals surface area contributed by atoms with E-state index in [1.54, 1.807) is 0 Å². The van der Waals surface area contributed by atoms with E-state index in [1.807, 2.05) is 0 Å². The topological polar surface area (TPSA) is 228 Å². The van der Waals surface area contributed by atoms with Crippen LogP contribution in [0.4, 0.5) is 0 Å². The van der Waals surface area contributed by atoms with Crippen molar-refractivity contribution in [3.05, 3.63) is 85.1 Å². The van der Waals surface area contributed by atoms with Crippen LogP contribution in [0.3, 0.4) is 0 Å². The van der Waals surface area contributed by atoms with Crippen molar-refractivity contribution in [3.63, 3.8) is 0 Å². The maximum absolute atomic E-state index is 13.3. The number of hydrogen-bond acceptors (Lipinski definition) is 13. The van der Waals surface area contributed by atoms with Gasteiger partial charge in [0, 0.05) is 6.42 Å². The van der Waals surface area contributed by atoms with Gasteiger partial charge < -0.3 is 65.1 Å². The summed E-state index contributed by atoms with van der Waals surface area (Å²) in [7, 11) is 0. The van der Waals surface area contributed by atoms with Crippen molar-refractivity contribution in [1.82, 2.24) is 5.32 Å². The lowest BCUT2D eigenvalue weighted by molar-refractivity contribution is -0.359. The van der Waals surface area contributed by atoms with E-state index >= 15 is 0 Å². The molecule has 12 atom stereocenters. The highest BCUT2D eigenvalue weighted by Gasteiger charge is 2.51. The number of aliphatic hydroxyl groups excluding tert-OH is 8. The molecule has 14 heteroatoms. The third-order valence-electron chi connectivity index (χ3n) is 17.1. The molecule has 0 aromatic heterocycles. The van der Waals surface area contributed by atoms with Crippen molar-refractivity contribution in [3.8, 4) is 0 Å². The largest absolute Gasteiger partial charge is 0.394 e. The average molecular weight is 1240 g/mol. The van der Waals surface area contributed by atoms with Gasteiger partial charge in [0.15, 0.2) is 12.6 Å². The average Bonchev–Trinajstić information content (AvgIpc) is 2.07. The molecule has 0 aromatic rings. The number of carbonyl (C=O) groups is 1. The van der Waals surface area contributed by atoms with Gasteiger partial charge in [-0.3, -0.25) is 4.79 Å². The standard InChI is InChI=1S/C74H131NO13/c1-3-5-7-9-11-13-15-17-19-21-23-25-27-29-30-31-32-34-35-37-39-41-43-45-47-49-51-53-55-57-63(78)62(61-85-73-71(84)69(82)72(65(60-77)87-73)88-74-70(83)68(81)67(80)64(59-76)86-74)75-66(79)58-56-54-52-50-48-46-44-42-40-38-36-33-28-26-24-22-20-18-16-14-12-10-8-6-4-2/h6,8,12,14,18,20,24,26,33,36,40,42,46,48,62-65,67-74,76-78,80-84H,3-5,7,9-11,13,15-17,19,21-23,25,27-32,34-35,37-39,41,43-45,47,49-61H2,1-2H3,(H,75,79)/b8-6-,14-12-,20-18-,26-24-,36-33-,42-40-,48-46-. The summed E-state index contributed by atoms with van der Waals surface area (Å²) in [4.78, 5) is 13.3. The Labute approximate surface area is 535 Å². The molecular weight excluding hydrogens is 1110 g/mol. The van der Waals surface area contributed by atoms with Crippen LogP contribution < -0.4 is 5.32 Å². The molecule has 12 unspecified atom stereocenters. The Morgan fingerprint density at radius 1 is 0.420 bits per heavy atom. The summed E-state index contributed by atoms with van der Waals surface area (Å²) in [5.41, 5.74) is 0. The normalized spacial score (nSPS) is 23.7. The summed E-state index contributed by atoms with van der Waals surface area (Å²) in [5.74, 6) is -0.238. The van der Waals surface area contributed by atoms with Crippen LogP contribution in [0.25, 0.3) is 0 Å². The molecule has 0 aliphatic carbocycles. The van der Waals surface area contributed by atoms with Crippen LogP contribution in [0.15, 0.2) is 85.1 Å². The minimum atomic E-state index is -1.79. The second-order valence-corrected chi connectivity index (χ2v) is 25.0. The summed E-state index contributed by atoms with van der Waals surface area (Å²) in [6.45, 7) is 2.75. The Kier molecular flexibility index (Phi) is 53.6. The van der Waals surface area contributed by atoms with Crippen LogP contribution in [-0.4, -0.2) is 140 Å². The highest BCUT2D eigenvalue weighted by atomic mass is 16.7. The van der Waals surface area contributed by atoms with Crippen LogP contribution in [0.2, 0.25) is 0 Å². The van der Waals surface area contributed by atoms with Gasteiger partial charge in [-0.2, -0.15) is 0 Å². The lowest BCUT2D eigenvalue weighted by Crippen LogP contribution is -2.65. The number of carbonyl (C=O) groups excluding carboxylic acids is 1. The summed E-state index contributed by atoms with van der Waals surface area (Å²) in [6.07, 6.45) is 63.1. The highest BCUT2D eigenvalue weighted by Crippen LogP contribution is 2.30. The molecule has 88 heavy (non-hydrogen) atoms. The summed E-state index contributed by atoms with van der Waals surface area (Å²) < 4.78 is 22.9. The molecule has 2 aliphatic heterocycles. The summed E-state index contributed by atoms with van der Waals surface area (Å²) in [6, 6.07) is -0.855. The number of nitrogens with one attached hydrogen (secondary N) is 1. The Bertz CT molecular complexity index is 1800. The first-order chi connectivity index (χ1) is 43.1. The zero-order chi connectivity index (χ0) is 63.8. The number of allylic oxidation sites excluding steroid dienone is 14. The van der Waals surface area contributed by atoms with E-state index < -0.39 is 86.8 Å². The zero-order valence-corrected chi connectivity index (χ0v) is 55.4. The Hall–Kier alpha value is -2.83. The van der Waals surface area contributed by atoms with Gasteiger partial charge in [-0.05, 0) is 70.6 Å². The van der Waals surface area contributed by atoms with Crippen molar-refractivity contribution in [2.24, 2.45) is 0 Å². The van der Waals surface area contributed by atoms with Gasteiger partial charge in [0.2, 0.25) is 5.91 Å². The number of ether oxygens (including phenoxy) is 4. The summed E-state index contributed by atoms with van der Waals surface area (Å²) >= 11 is 0. The smallest absolute Gasteiger partial charge is 0.220 e. The van der Waals surface area contributed by atoms with Crippen LogP contribution in [-0.2, 0) is 23.7 Å². The van der Waals surface area contributed by atoms with E-state index in [2.05, 4.69) is 104 Å².